The second-order valence-electron chi connectivity index (χ2n) is 3.87. The van der Waals surface area contributed by atoms with E-state index < -0.39 is 0 Å². The predicted molar refractivity (Wildman–Crippen MR) is 62.4 cm³/mol. The van der Waals surface area contributed by atoms with Gasteiger partial charge in [0, 0.05) is 19.5 Å². The monoisotopic (exact) mass is 220 g/mol. The maximum absolute atomic E-state index is 11.1. The molecule has 0 unspecified atom stereocenters. The minimum Gasteiger partial charge on any atom is -0.355 e. The van der Waals surface area contributed by atoms with Crippen LogP contribution in [0.25, 0.3) is 0 Å². The van der Waals surface area contributed by atoms with Crippen LogP contribution >= 0.6 is 0 Å². The van der Waals surface area contributed by atoms with Gasteiger partial charge >= 0.3 is 0 Å². The van der Waals surface area contributed by atoms with Crippen LogP contribution in [0.15, 0.2) is 12.1 Å². The van der Waals surface area contributed by atoms with Crippen LogP contribution in [0.3, 0.4) is 0 Å². The van der Waals surface area contributed by atoms with E-state index in [4.69, 9.17) is 0 Å². The van der Waals surface area contributed by atoms with Gasteiger partial charge in [0.05, 0.1) is 0 Å². The van der Waals surface area contributed by atoms with Crippen molar-refractivity contribution in [2.24, 2.45) is 0 Å². The van der Waals surface area contributed by atoms with Crippen molar-refractivity contribution >= 4 is 17.5 Å². The van der Waals surface area contributed by atoms with Gasteiger partial charge in [0.2, 0.25) is 5.91 Å². The molecule has 2 heterocycles. The maximum Gasteiger partial charge on any atom is 0.225 e. The highest BCUT2D eigenvalue weighted by atomic mass is 16.1. The van der Waals surface area contributed by atoms with Gasteiger partial charge < -0.3 is 10.2 Å². The molecule has 2 rings (SSSR count). The first kappa shape index (κ1) is 10.9. The number of hydrogen-bond donors (Lipinski definition) is 1. The Balaban J connectivity index is 2.01. The number of aromatic nitrogens is 2. The standard InChI is InChI=1S/C11H16N4O/c1-2-11(16)12-9-5-6-10(14-13-9)15-7-3-4-8-15/h5-6H,2-4,7-8H2,1H3,(H,12,13,16). The Morgan fingerprint density at radius 3 is 2.69 bits per heavy atom. The molecule has 0 spiro atoms. The molecule has 0 radical (unpaired) electrons. The van der Waals surface area contributed by atoms with Gasteiger partial charge in [-0.05, 0) is 25.0 Å². The lowest BCUT2D eigenvalue weighted by Gasteiger charge is -2.15. The van der Waals surface area contributed by atoms with Crippen LogP contribution in [0, 0.1) is 0 Å². The molecular formula is C11H16N4O. The SMILES string of the molecule is CCC(=O)Nc1ccc(N2CCCC2)nn1. The Bertz CT molecular complexity index is 357. The van der Waals surface area contributed by atoms with Crippen molar-refractivity contribution in [3.63, 3.8) is 0 Å². The second-order valence-corrected chi connectivity index (χ2v) is 3.87. The number of hydrogen-bond acceptors (Lipinski definition) is 4. The quantitative estimate of drug-likeness (QED) is 0.837. The van der Waals surface area contributed by atoms with E-state index in [9.17, 15) is 4.79 Å². The Hall–Kier alpha value is -1.65. The van der Waals surface area contributed by atoms with Crippen molar-refractivity contribution in [2.45, 2.75) is 26.2 Å². The summed E-state index contributed by atoms with van der Waals surface area (Å²) in [6.07, 6.45) is 2.89. The maximum atomic E-state index is 11.1. The summed E-state index contributed by atoms with van der Waals surface area (Å²) in [5, 5.41) is 10.8. The molecule has 1 aliphatic heterocycles. The Kier molecular flexibility index (Phi) is 3.34. The first-order chi connectivity index (χ1) is 7.79. The third kappa shape index (κ3) is 2.48. The third-order valence-corrected chi connectivity index (χ3v) is 2.67. The summed E-state index contributed by atoms with van der Waals surface area (Å²) >= 11 is 0. The molecule has 5 heteroatoms. The molecule has 0 aliphatic carbocycles. The first-order valence-corrected chi connectivity index (χ1v) is 5.68. The first-order valence-electron chi connectivity index (χ1n) is 5.68. The van der Waals surface area contributed by atoms with Gasteiger partial charge in [0.15, 0.2) is 11.6 Å². The summed E-state index contributed by atoms with van der Waals surface area (Å²) in [5.74, 6) is 1.38. The molecule has 0 atom stereocenters. The summed E-state index contributed by atoms with van der Waals surface area (Å²) in [6.45, 7) is 3.91. The van der Waals surface area contributed by atoms with E-state index in [1.165, 1.54) is 12.8 Å². The van der Waals surface area contributed by atoms with Crippen LogP contribution in [-0.4, -0.2) is 29.2 Å². The van der Waals surface area contributed by atoms with Crippen molar-refractivity contribution in [2.75, 3.05) is 23.3 Å². The molecule has 0 aromatic carbocycles. The molecule has 0 bridgehead atoms. The van der Waals surface area contributed by atoms with Gasteiger partial charge in [-0.1, -0.05) is 6.92 Å². The van der Waals surface area contributed by atoms with Gasteiger partial charge in [-0.25, -0.2) is 0 Å². The highest BCUT2D eigenvalue weighted by molar-refractivity contribution is 5.89. The van der Waals surface area contributed by atoms with E-state index in [-0.39, 0.29) is 5.91 Å². The second kappa shape index (κ2) is 4.92. The van der Waals surface area contributed by atoms with Crippen LogP contribution in [0.1, 0.15) is 26.2 Å². The van der Waals surface area contributed by atoms with Gasteiger partial charge in [0.25, 0.3) is 0 Å². The minimum atomic E-state index is -0.0387. The van der Waals surface area contributed by atoms with E-state index in [0.29, 0.717) is 12.2 Å². The molecule has 1 saturated heterocycles. The molecule has 5 nitrogen and oxygen atoms in total. The molecular weight excluding hydrogens is 204 g/mol. The number of anilines is 2. The fourth-order valence-corrected chi connectivity index (χ4v) is 1.74. The van der Waals surface area contributed by atoms with Crippen LogP contribution in [0.2, 0.25) is 0 Å². The highest BCUT2D eigenvalue weighted by Gasteiger charge is 2.13. The van der Waals surface area contributed by atoms with Crippen LogP contribution < -0.4 is 10.2 Å². The Morgan fingerprint density at radius 2 is 2.12 bits per heavy atom. The third-order valence-electron chi connectivity index (χ3n) is 2.67. The zero-order valence-corrected chi connectivity index (χ0v) is 9.44. The van der Waals surface area contributed by atoms with Crippen LogP contribution in [0.4, 0.5) is 11.6 Å². The summed E-state index contributed by atoms with van der Waals surface area (Å²) in [7, 11) is 0. The zero-order chi connectivity index (χ0) is 11.4. The lowest BCUT2D eigenvalue weighted by Crippen LogP contribution is -2.20. The summed E-state index contributed by atoms with van der Waals surface area (Å²) in [4.78, 5) is 13.3. The normalized spacial score (nSPS) is 15.2. The molecule has 1 aromatic heterocycles. The van der Waals surface area contributed by atoms with Gasteiger partial charge in [-0.3, -0.25) is 4.79 Å². The van der Waals surface area contributed by atoms with Gasteiger partial charge in [0.1, 0.15) is 0 Å². The average molecular weight is 220 g/mol. The lowest BCUT2D eigenvalue weighted by atomic mass is 10.4. The number of carbonyl (C=O) groups is 1. The summed E-state index contributed by atoms with van der Waals surface area (Å²) in [5.41, 5.74) is 0. The van der Waals surface area contributed by atoms with Crippen molar-refractivity contribution in [3.05, 3.63) is 12.1 Å². The van der Waals surface area contributed by atoms with E-state index in [1.807, 2.05) is 6.07 Å². The number of amides is 1. The number of nitrogens with zero attached hydrogens (tertiary/aromatic N) is 3. The number of nitrogens with one attached hydrogen (secondary N) is 1. The fourth-order valence-electron chi connectivity index (χ4n) is 1.74. The fraction of sp³-hybridized carbons (Fsp3) is 0.545. The highest BCUT2D eigenvalue weighted by Crippen LogP contribution is 2.17. The smallest absolute Gasteiger partial charge is 0.225 e. The van der Waals surface area contributed by atoms with Crippen LogP contribution in [-0.2, 0) is 4.79 Å². The number of carbonyl (C=O) groups excluding carboxylic acids is 1. The van der Waals surface area contributed by atoms with E-state index >= 15 is 0 Å². The van der Waals surface area contributed by atoms with Crippen molar-refractivity contribution in [1.29, 1.82) is 0 Å². The zero-order valence-electron chi connectivity index (χ0n) is 9.44. The molecule has 1 fully saturated rings. The molecule has 0 saturated carbocycles. The molecule has 1 N–H and O–H groups in total. The largest absolute Gasteiger partial charge is 0.355 e. The molecule has 1 amide bonds. The van der Waals surface area contributed by atoms with Crippen molar-refractivity contribution in [1.82, 2.24) is 10.2 Å². The molecule has 16 heavy (non-hydrogen) atoms. The van der Waals surface area contributed by atoms with E-state index in [2.05, 4.69) is 20.4 Å². The van der Waals surface area contributed by atoms with E-state index in [1.54, 1.807) is 13.0 Å². The van der Waals surface area contributed by atoms with Crippen molar-refractivity contribution < 1.29 is 4.79 Å². The van der Waals surface area contributed by atoms with Gasteiger partial charge in [-0.15, -0.1) is 10.2 Å². The number of rotatable bonds is 3. The minimum absolute atomic E-state index is 0.0387. The molecule has 1 aliphatic rings. The van der Waals surface area contributed by atoms with Gasteiger partial charge in [-0.2, -0.15) is 0 Å². The van der Waals surface area contributed by atoms with Crippen molar-refractivity contribution in [3.8, 4) is 0 Å². The molecule has 86 valence electrons. The molecule has 1 aromatic rings. The average Bonchev–Trinajstić information content (AvgIpc) is 2.83. The topological polar surface area (TPSA) is 58.1 Å². The summed E-state index contributed by atoms with van der Waals surface area (Å²) < 4.78 is 0. The van der Waals surface area contributed by atoms with Crippen LogP contribution in [0.5, 0.6) is 0 Å². The van der Waals surface area contributed by atoms with E-state index in [0.717, 1.165) is 18.9 Å². The predicted octanol–water partition coefficient (Wildman–Crippen LogP) is 1.43. The Labute approximate surface area is 94.9 Å². The summed E-state index contributed by atoms with van der Waals surface area (Å²) in [6, 6.07) is 3.71. The lowest BCUT2D eigenvalue weighted by molar-refractivity contribution is -0.115. The Morgan fingerprint density at radius 1 is 1.38 bits per heavy atom.